The number of carbonyl (C=O) groups is 1. The molecule has 0 bridgehead atoms. The monoisotopic (exact) mass is 230 g/mol. The van der Waals surface area contributed by atoms with Gasteiger partial charge in [-0.05, 0) is 31.4 Å². The van der Waals surface area contributed by atoms with Crippen LogP contribution in [0.25, 0.3) is 0 Å². The van der Waals surface area contributed by atoms with Crippen molar-refractivity contribution in [2.75, 3.05) is 13.1 Å². The van der Waals surface area contributed by atoms with Gasteiger partial charge in [0.25, 0.3) is 0 Å². The van der Waals surface area contributed by atoms with E-state index in [2.05, 4.69) is 34.5 Å². The molecule has 0 aromatic heterocycles. The smallest absolute Gasteiger partial charge is 0.224 e. The minimum atomic E-state index is -0.227. The van der Waals surface area contributed by atoms with Crippen LogP contribution in [-0.2, 0) is 10.5 Å². The van der Waals surface area contributed by atoms with Gasteiger partial charge in [-0.3, -0.25) is 10.1 Å². The van der Waals surface area contributed by atoms with Gasteiger partial charge in [0, 0.05) is 13.0 Å². The molecule has 2 saturated heterocycles. The van der Waals surface area contributed by atoms with Gasteiger partial charge in [0.15, 0.2) is 0 Å². The molecule has 1 amide bonds. The van der Waals surface area contributed by atoms with Crippen LogP contribution in [0.2, 0.25) is 0 Å². The quantitative estimate of drug-likeness (QED) is 0.798. The van der Waals surface area contributed by atoms with E-state index in [0.717, 1.165) is 32.4 Å². The van der Waals surface area contributed by atoms with Gasteiger partial charge in [0.2, 0.25) is 5.91 Å². The number of hydrogen-bond donors (Lipinski definition) is 1. The predicted octanol–water partition coefficient (Wildman–Crippen LogP) is 1.85. The van der Waals surface area contributed by atoms with Crippen LogP contribution in [0.1, 0.15) is 31.2 Å². The van der Waals surface area contributed by atoms with Gasteiger partial charge < -0.3 is 4.90 Å². The van der Waals surface area contributed by atoms with Crippen molar-refractivity contribution < 1.29 is 4.79 Å². The fraction of sp³-hybridized carbons (Fsp3) is 0.500. The van der Waals surface area contributed by atoms with Crippen molar-refractivity contribution in [3.8, 4) is 0 Å². The zero-order chi connectivity index (χ0) is 11.7. The Morgan fingerprint density at radius 2 is 2.00 bits per heavy atom. The van der Waals surface area contributed by atoms with Crippen molar-refractivity contribution in [3.05, 3.63) is 35.9 Å². The number of nitrogens with one attached hydrogen (secondary N) is 1. The molecule has 0 spiro atoms. The molecule has 3 rings (SSSR count). The highest BCUT2D eigenvalue weighted by Crippen LogP contribution is 2.38. The first-order valence-electron chi connectivity index (χ1n) is 6.44. The molecule has 0 radical (unpaired) electrons. The molecule has 1 aromatic rings. The molecule has 3 heteroatoms. The normalized spacial score (nSPS) is 28.9. The highest BCUT2D eigenvalue weighted by Gasteiger charge is 2.46. The van der Waals surface area contributed by atoms with Crippen LogP contribution in [0.5, 0.6) is 0 Å². The summed E-state index contributed by atoms with van der Waals surface area (Å²) >= 11 is 0. The molecule has 2 heterocycles. The molecule has 2 fully saturated rings. The van der Waals surface area contributed by atoms with Crippen molar-refractivity contribution in [2.24, 2.45) is 0 Å². The molecule has 17 heavy (non-hydrogen) atoms. The largest absolute Gasteiger partial charge is 0.320 e. The molecule has 1 N–H and O–H groups in total. The van der Waals surface area contributed by atoms with Crippen LogP contribution in [0.3, 0.4) is 0 Å². The number of carbonyl (C=O) groups excluding carboxylic acids is 1. The summed E-state index contributed by atoms with van der Waals surface area (Å²) in [6.45, 7) is 1.89. The average molecular weight is 230 g/mol. The Morgan fingerprint density at radius 1 is 1.18 bits per heavy atom. The maximum Gasteiger partial charge on any atom is 0.224 e. The first-order valence-corrected chi connectivity index (χ1v) is 6.44. The van der Waals surface area contributed by atoms with E-state index >= 15 is 0 Å². The molecule has 0 aliphatic carbocycles. The Bertz CT molecular complexity index is 417. The fourth-order valence-corrected chi connectivity index (χ4v) is 3.08. The maximum atomic E-state index is 12.0. The fourth-order valence-electron chi connectivity index (χ4n) is 3.08. The third kappa shape index (κ3) is 1.65. The third-order valence-corrected chi connectivity index (χ3v) is 3.94. The van der Waals surface area contributed by atoms with E-state index in [9.17, 15) is 4.79 Å². The summed E-state index contributed by atoms with van der Waals surface area (Å²) in [5, 5.41) is 3.61. The summed E-state index contributed by atoms with van der Waals surface area (Å²) in [4.78, 5) is 14.1. The average Bonchev–Trinajstić information content (AvgIpc) is 2.58. The molecule has 2 aliphatic heterocycles. The van der Waals surface area contributed by atoms with Gasteiger partial charge in [0.1, 0.15) is 5.66 Å². The van der Waals surface area contributed by atoms with Crippen LogP contribution in [-0.4, -0.2) is 23.9 Å². The Morgan fingerprint density at radius 3 is 2.82 bits per heavy atom. The lowest BCUT2D eigenvalue weighted by Crippen LogP contribution is -2.52. The van der Waals surface area contributed by atoms with E-state index in [4.69, 9.17) is 0 Å². The summed E-state index contributed by atoms with van der Waals surface area (Å²) in [5.74, 6) is 0.295. The highest BCUT2D eigenvalue weighted by atomic mass is 16.2. The maximum absolute atomic E-state index is 12.0. The van der Waals surface area contributed by atoms with Crippen molar-refractivity contribution in [2.45, 2.75) is 31.3 Å². The molecule has 1 atom stereocenters. The third-order valence-electron chi connectivity index (χ3n) is 3.94. The standard InChI is InChI=1S/C14H18N2O/c17-13-8-9-14(12-6-2-1-3-7-12)15-10-4-5-11-16(13)14/h1-3,6-7,15H,4-5,8-11H2/t14-/m1/s1. The summed E-state index contributed by atoms with van der Waals surface area (Å²) < 4.78 is 0. The predicted molar refractivity (Wildman–Crippen MR) is 66.3 cm³/mol. The van der Waals surface area contributed by atoms with E-state index in [1.165, 1.54) is 5.56 Å². The Balaban J connectivity index is 2.04. The van der Waals surface area contributed by atoms with Gasteiger partial charge in [0.05, 0.1) is 0 Å². The van der Waals surface area contributed by atoms with E-state index in [0.29, 0.717) is 12.3 Å². The van der Waals surface area contributed by atoms with E-state index in [-0.39, 0.29) is 5.66 Å². The van der Waals surface area contributed by atoms with E-state index in [1.807, 2.05) is 6.07 Å². The zero-order valence-electron chi connectivity index (χ0n) is 9.98. The molecular formula is C14H18N2O. The van der Waals surface area contributed by atoms with Crippen LogP contribution in [0, 0.1) is 0 Å². The molecule has 2 aliphatic rings. The molecule has 3 nitrogen and oxygen atoms in total. The van der Waals surface area contributed by atoms with Crippen molar-refractivity contribution in [1.29, 1.82) is 0 Å². The number of hydrogen-bond acceptors (Lipinski definition) is 2. The Labute approximate surface area is 102 Å². The number of benzene rings is 1. The molecule has 90 valence electrons. The number of nitrogens with zero attached hydrogens (tertiary/aromatic N) is 1. The van der Waals surface area contributed by atoms with Gasteiger partial charge >= 0.3 is 0 Å². The number of fused-ring (bicyclic) bond motifs is 1. The second-order valence-corrected chi connectivity index (χ2v) is 4.91. The van der Waals surface area contributed by atoms with E-state index < -0.39 is 0 Å². The summed E-state index contributed by atoms with van der Waals surface area (Å²) in [6.07, 6.45) is 3.82. The second kappa shape index (κ2) is 4.15. The minimum Gasteiger partial charge on any atom is -0.320 e. The van der Waals surface area contributed by atoms with Gasteiger partial charge in [-0.25, -0.2) is 0 Å². The van der Waals surface area contributed by atoms with Crippen LogP contribution in [0.15, 0.2) is 30.3 Å². The van der Waals surface area contributed by atoms with E-state index in [1.54, 1.807) is 0 Å². The Kier molecular flexibility index (Phi) is 2.63. The topological polar surface area (TPSA) is 32.3 Å². The Hall–Kier alpha value is -1.35. The molecule has 1 aromatic carbocycles. The van der Waals surface area contributed by atoms with Crippen LogP contribution in [0.4, 0.5) is 0 Å². The van der Waals surface area contributed by atoms with Crippen molar-refractivity contribution >= 4 is 5.91 Å². The lowest BCUT2D eigenvalue weighted by Gasteiger charge is -2.38. The zero-order valence-corrected chi connectivity index (χ0v) is 9.98. The molecule has 0 saturated carbocycles. The summed E-state index contributed by atoms with van der Waals surface area (Å²) in [5.41, 5.74) is 1.00. The minimum absolute atomic E-state index is 0.227. The SMILES string of the molecule is O=C1CC[C@@]2(c3ccccc3)NCCCCN12. The van der Waals surface area contributed by atoms with Crippen LogP contribution >= 0.6 is 0 Å². The first kappa shape index (κ1) is 10.8. The highest BCUT2D eigenvalue weighted by molar-refractivity contribution is 5.80. The summed E-state index contributed by atoms with van der Waals surface area (Å²) in [7, 11) is 0. The number of amides is 1. The van der Waals surface area contributed by atoms with Crippen molar-refractivity contribution in [1.82, 2.24) is 10.2 Å². The molecular weight excluding hydrogens is 212 g/mol. The van der Waals surface area contributed by atoms with Crippen molar-refractivity contribution in [3.63, 3.8) is 0 Å². The van der Waals surface area contributed by atoms with Gasteiger partial charge in [-0.2, -0.15) is 0 Å². The summed E-state index contributed by atoms with van der Waals surface area (Å²) in [6, 6.07) is 10.4. The van der Waals surface area contributed by atoms with Crippen LogP contribution < -0.4 is 5.32 Å². The number of rotatable bonds is 1. The second-order valence-electron chi connectivity index (χ2n) is 4.91. The van der Waals surface area contributed by atoms with Gasteiger partial charge in [-0.15, -0.1) is 0 Å². The molecule has 0 unspecified atom stereocenters. The lowest BCUT2D eigenvalue weighted by molar-refractivity contribution is -0.132. The lowest BCUT2D eigenvalue weighted by atomic mass is 9.96. The van der Waals surface area contributed by atoms with Gasteiger partial charge in [-0.1, -0.05) is 30.3 Å². The first-order chi connectivity index (χ1) is 8.33.